The number of furan rings is 1. The van der Waals surface area contributed by atoms with Gasteiger partial charge in [0.1, 0.15) is 12.2 Å². The molecule has 0 amide bonds. The average Bonchev–Trinajstić information content (AvgIpc) is 3.48. The smallest absolute Gasteiger partial charge is 0.339 e. The van der Waals surface area contributed by atoms with Crippen LogP contribution in [0.2, 0.25) is 0 Å². The van der Waals surface area contributed by atoms with Crippen molar-refractivity contribution in [3.8, 4) is 0 Å². The van der Waals surface area contributed by atoms with Crippen LogP contribution in [-0.4, -0.2) is 58.8 Å². The summed E-state index contributed by atoms with van der Waals surface area (Å²) < 4.78 is 22.0. The molecule has 0 aromatic carbocycles. The van der Waals surface area contributed by atoms with E-state index in [0.717, 1.165) is 0 Å². The van der Waals surface area contributed by atoms with Crippen LogP contribution in [0.25, 0.3) is 0 Å². The van der Waals surface area contributed by atoms with Crippen molar-refractivity contribution in [2.45, 2.75) is 91.1 Å². The molecule has 1 aromatic heterocycles. The van der Waals surface area contributed by atoms with Gasteiger partial charge in [-0.15, -0.1) is 0 Å². The number of Topliss-reactive ketones (excluding diaryl/α,β-unsaturated/α-hetero) is 1. The van der Waals surface area contributed by atoms with Crippen LogP contribution in [0.3, 0.4) is 0 Å². The largest absolute Gasteiger partial charge is 0.472 e. The number of hydrogen-bond donors (Lipinski definition) is 2. The van der Waals surface area contributed by atoms with E-state index in [2.05, 4.69) is 0 Å². The summed E-state index contributed by atoms with van der Waals surface area (Å²) in [6.07, 6.45) is 1.39. The van der Waals surface area contributed by atoms with Crippen LogP contribution in [0.1, 0.15) is 78.9 Å². The Balaban J connectivity index is 1.76. The summed E-state index contributed by atoms with van der Waals surface area (Å²) in [4.78, 5) is 53.6. The zero-order valence-electron chi connectivity index (χ0n) is 25.2. The Labute approximate surface area is 245 Å². The van der Waals surface area contributed by atoms with Gasteiger partial charge in [-0.3, -0.25) is 9.59 Å². The first-order valence-corrected chi connectivity index (χ1v) is 14.4. The highest BCUT2D eigenvalue weighted by Crippen LogP contribution is 2.69. The number of cyclic esters (lactones) is 1. The molecule has 8 unspecified atom stereocenters. The van der Waals surface area contributed by atoms with E-state index < -0.39 is 75.7 Å². The number of carbonyl (C=O) groups excluding carboxylic acids is 4. The third kappa shape index (κ3) is 3.97. The topological polar surface area (TPSA) is 150 Å². The van der Waals surface area contributed by atoms with Crippen LogP contribution in [0.15, 0.2) is 45.8 Å². The SMILES string of the molecule is CC=C(C)C(=O)OC1C2(O)CC3=C4C(O)C(=O)OC(c5ccoc5)C4(C)CCC3C(C)(C2=O)C(CC(=O)OC)C1(C)C. The predicted octanol–water partition coefficient (Wildman–Crippen LogP) is 3.76. The van der Waals surface area contributed by atoms with Gasteiger partial charge in [-0.05, 0) is 50.2 Å². The van der Waals surface area contributed by atoms with E-state index in [4.69, 9.17) is 18.6 Å². The van der Waals surface area contributed by atoms with Crippen LogP contribution in [-0.2, 0) is 33.4 Å². The third-order valence-corrected chi connectivity index (χ3v) is 10.9. The van der Waals surface area contributed by atoms with Crippen LogP contribution in [0.4, 0.5) is 0 Å². The number of rotatable bonds is 5. The molecule has 5 rings (SSSR count). The number of ether oxygens (including phenoxy) is 3. The number of methoxy groups -OCH3 is 1. The fourth-order valence-corrected chi connectivity index (χ4v) is 8.71. The minimum absolute atomic E-state index is 0.156. The van der Waals surface area contributed by atoms with E-state index in [1.54, 1.807) is 46.8 Å². The van der Waals surface area contributed by atoms with Crippen molar-refractivity contribution in [3.63, 3.8) is 0 Å². The molecule has 228 valence electrons. The van der Waals surface area contributed by atoms with Gasteiger partial charge in [0.15, 0.2) is 17.5 Å². The average molecular weight is 585 g/mol. The monoisotopic (exact) mass is 584 g/mol. The maximum Gasteiger partial charge on any atom is 0.339 e. The lowest BCUT2D eigenvalue weighted by Crippen LogP contribution is -2.75. The normalized spacial score (nSPS) is 39.2. The first-order chi connectivity index (χ1) is 19.6. The summed E-state index contributed by atoms with van der Waals surface area (Å²) in [5.41, 5.74) is -3.50. The maximum absolute atomic E-state index is 14.5. The summed E-state index contributed by atoms with van der Waals surface area (Å²) >= 11 is 0. The Morgan fingerprint density at radius 1 is 1.19 bits per heavy atom. The Hall–Kier alpha value is -3.24. The van der Waals surface area contributed by atoms with Gasteiger partial charge in [0.2, 0.25) is 0 Å². The highest BCUT2D eigenvalue weighted by atomic mass is 16.6. The second-order valence-corrected chi connectivity index (χ2v) is 13.3. The minimum atomic E-state index is -2.18. The molecule has 4 aliphatic rings. The third-order valence-electron chi connectivity index (χ3n) is 10.9. The van der Waals surface area contributed by atoms with Gasteiger partial charge in [-0.1, -0.05) is 39.3 Å². The summed E-state index contributed by atoms with van der Waals surface area (Å²) in [5.74, 6) is -3.79. The summed E-state index contributed by atoms with van der Waals surface area (Å²) in [6.45, 7) is 10.5. The van der Waals surface area contributed by atoms with E-state index >= 15 is 0 Å². The van der Waals surface area contributed by atoms with Crippen molar-refractivity contribution in [1.82, 2.24) is 0 Å². The standard InChI is InChI=1S/C32H40O10/c1-8-16(2)25(35)42-28-29(3,4)20(13-21(33)39-7)31(6)19-9-11-30(5)22(18(19)14-32(28,38)27(31)37)23(34)26(36)41-24(30)17-10-12-40-15-17/h8,10,12,15,19-20,23-24,28,34,38H,9,11,13-14H2,1-7H3. The van der Waals surface area contributed by atoms with Crippen molar-refractivity contribution >= 4 is 23.7 Å². The molecule has 3 fully saturated rings. The molecule has 1 aromatic rings. The van der Waals surface area contributed by atoms with E-state index in [-0.39, 0.29) is 12.8 Å². The zero-order valence-corrected chi connectivity index (χ0v) is 25.2. The van der Waals surface area contributed by atoms with Gasteiger partial charge in [0.05, 0.1) is 19.6 Å². The zero-order chi connectivity index (χ0) is 31.0. The van der Waals surface area contributed by atoms with E-state index in [9.17, 15) is 29.4 Å². The molecule has 2 saturated carbocycles. The van der Waals surface area contributed by atoms with Crippen LogP contribution < -0.4 is 0 Å². The Bertz CT molecular complexity index is 1390. The highest BCUT2D eigenvalue weighted by molar-refractivity contribution is 5.98. The first-order valence-electron chi connectivity index (χ1n) is 14.4. The number of ketones is 1. The molecular formula is C32H40O10. The summed E-state index contributed by atoms with van der Waals surface area (Å²) in [6, 6.07) is 1.71. The molecule has 10 heteroatoms. The van der Waals surface area contributed by atoms with E-state index in [1.165, 1.54) is 19.6 Å². The highest BCUT2D eigenvalue weighted by Gasteiger charge is 2.74. The Kier molecular flexibility index (Phi) is 7.13. The number of aliphatic hydroxyl groups is 2. The number of allylic oxidation sites excluding steroid dienone is 1. The molecule has 1 saturated heterocycles. The van der Waals surface area contributed by atoms with Crippen molar-refractivity contribution < 1.29 is 48.0 Å². The molecule has 10 nitrogen and oxygen atoms in total. The molecular weight excluding hydrogens is 544 g/mol. The number of carbonyl (C=O) groups is 4. The minimum Gasteiger partial charge on any atom is -0.472 e. The molecule has 0 spiro atoms. The van der Waals surface area contributed by atoms with Crippen molar-refractivity contribution in [1.29, 1.82) is 0 Å². The molecule has 2 bridgehead atoms. The second-order valence-electron chi connectivity index (χ2n) is 13.3. The van der Waals surface area contributed by atoms with Gasteiger partial charge in [0, 0.05) is 40.2 Å². The molecule has 8 atom stereocenters. The molecule has 3 aliphatic carbocycles. The fourth-order valence-electron chi connectivity index (χ4n) is 8.71. The van der Waals surface area contributed by atoms with Crippen molar-refractivity contribution in [3.05, 3.63) is 47.0 Å². The van der Waals surface area contributed by atoms with Crippen LogP contribution in [0, 0.1) is 28.1 Å². The number of aliphatic hydroxyl groups excluding tert-OH is 1. The molecule has 2 heterocycles. The number of fused-ring (bicyclic) bond motifs is 5. The number of esters is 3. The molecule has 42 heavy (non-hydrogen) atoms. The van der Waals surface area contributed by atoms with Gasteiger partial charge < -0.3 is 28.8 Å². The predicted molar refractivity (Wildman–Crippen MR) is 147 cm³/mol. The number of hydrogen-bond acceptors (Lipinski definition) is 10. The summed E-state index contributed by atoms with van der Waals surface area (Å²) in [5, 5.41) is 23.8. The van der Waals surface area contributed by atoms with Crippen LogP contribution in [0.5, 0.6) is 0 Å². The maximum atomic E-state index is 14.5. The summed E-state index contributed by atoms with van der Waals surface area (Å²) in [7, 11) is 1.27. The molecule has 1 aliphatic heterocycles. The first kappa shape index (κ1) is 30.2. The van der Waals surface area contributed by atoms with Gasteiger partial charge in [-0.25, -0.2) is 9.59 Å². The molecule has 2 N–H and O–H groups in total. The van der Waals surface area contributed by atoms with Crippen LogP contribution >= 0.6 is 0 Å². The van der Waals surface area contributed by atoms with E-state index in [0.29, 0.717) is 35.1 Å². The molecule has 0 radical (unpaired) electrons. The van der Waals surface area contributed by atoms with Crippen molar-refractivity contribution in [2.75, 3.05) is 7.11 Å². The van der Waals surface area contributed by atoms with Gasteiger partial charge in [0.25, 0.3) is 0 Å². The van der Waals surface area contributed by atoms with Gasteiger partial charge >= 0.3 is 17.9 Å². The quantitative estimate of drug-likeness (QED) is 0.227. The Morgan fingerprint density at radius 2 is 1.88 bits per heavy atom. The fraction of sp³-hybridized carbons (Fsp3) is 0.625. The van der Waals surface area contributed by atoms with Crippen molar-refractivity contribution in [2.24, 2.45) is 28.1 Å². The Morgan fingerprint density at radius 3 is 2.48 bits per heavy atom. The van der Waals surface area contributed by atoms with Gasteiger partial charge in [-0.2, -0.15) is 0 Å². The lowest BCUT2D eigenvalue weighted by molar-refractivity contribution is -0.235. The lowest BCUT2D eigenvalue weighted by atomic mass is 9.39. The lowest BCUT2D eigenvalue weighted by Gasteiger charge is -2.66. The second kappa shape index (κ2) is 9.91. The van der Waals surface area contributed by atoms with E-state index in [1.807, 2.05) is 6.92 Å².